The molecule has 23 heavy (non-hydrogen) atoms. The summed E-state index contributed by atoms with van der Waals surface area (Å²) in [5.41, 5.74) is 2.18. The number of carbonyl (C=O) groups is 1. The van der Waals surface area contributed by atoms with Gasteiger partial charge in [0, 0.05) is 17.6 Å². The highest BCUT2D eigenvalue weighted by Gasteiger charge is 2.37. The Bertz CT molecular complexity index is 564. The molecule has 0 heterocycles. The Kier molecular flexibility index (Phi) is 4.61. The third kappa shape index (κ3) is 4.37. The van der Waals surface area contributed by atoms with Crippen LogP contribution in [-0.2, 0) is 17.1 Å². The van der Waals surface area contributed by atoms with Crippen molar-refractivity contribution in [3.8, 4) is 0 Å². The first-order chi connectivity index (χ1) is 10.5. The molecule has 2 atom stereocenters. The molecule has 0 spiro atoms. The Labute approximate surface area is 127 Å². The SMILES string of the molecule is NC1CCC(C(=O)Nc2cc(C(F)(F)F)cc(C(F)(F)F)c2)C1. The predicted octanol–water partition coefficient (Wildman–Crippen LogP) is 3.79. The van der Waals surface area contributed by atoms with Gasteiger partial charge in [-0.25, -0.2) is 0 Å². The molecule has 2 unspecified atom stereocenters. The lowest BCUT2D eigenvalue weighted by atomic mass is 10.1. The minimum atomic E-state index is -4.95. The number of anilines is 1. The highest BCUT2D eigenvalue weighted by molar-refractivity contribution is 5.93. The third-order valence-corrected chi connectivity index (χ3v) is 3.70. The first-order valence-corrected chi connectivity index (χ1v) is 6.83. The normalized spacial score (nSPS) is 22.2. The minimum absolute atomic E-state index is 0.0150. The molecule has 1 aliphatic rings. The van der Waals surface area contributed by atoms with Gasteiger partial charge >= 0.3 is 12.4 Å². The fourth-order valence-electron chi connectivity index (χ4n) is 2.53. The Morgan fingerprint density at radius 1 is 1.00 bits per heavy atom. The zero-order chi connectivity index (χ0) is 17.4. The number of rotatable bonds is 2. The molecule has 1 aromatic carbocycles. The van der Waals surface area contributed by atoms with Gasteiger partial charge in [0.25, 0.3) is 0 Å². The molecule has 1 aliphatic carbocycles. The van der Waals surface area contributed by atoms with Crippen LogP contribution in [-0.4, -0.2) is 11.9 Å². The summed E-state index contributed by atoms with van der Waals surface area (Å²) in [4.78, 5) is 12.0. The van der Waals surface area contributed by atoms with Crippen LogP contribution in [0.25, 0.3) is 0 Å². The van der Waals surface area contributed by atoms with Gasteiger partial charge in [-0.1, -0.05) is 0 Å². The van der Waals surface area contributed by atoms with E-state index in [0.29, 0.717) is 31.4 Å². The van der Waals surface area contributed by atoms with Gasteiger partial charge in [0.2, 0.25) is 5.91 Å². The van der Waals surface area contributed by atoms with Gasteiger partial charge in [-0.3, -0.25) is 4.79 Å². The zero-order valence-electron chi connectivity index (χ0n) is 11.8. The van der Waals surface area contributed by atoms with Crippen LogP contribution >= 0.6 is 0 Å². The molecule has 1 aromatic rings. The number of benzene rings is 1. The highest BCUT2D eigenvalue weighted by Crippen LogP contribution is 2.37. The van der Waals surface area contributed by atoms with Gasteiger partial charge in [-0.15, -0.1) is 0 Å². The van der Waals surface area contributed by atoms with Gasteiger partial charge in [0.1, 0.15) is 0 Å². The summed E-state index contributed by atoms with van der Waals surface area (Å²) in [7, 11) is 0. The molecule has 3 nitrogen and oxygen atoms in total. The minimum Gasteiger partial charge on any atom is -0.328 e. The van der Waals surface area contributed by atoms with Gasteiger partial charge in [-0.2, -0.15) is 26.3 Å². The van der Waals surface area contributed by atoms with Crippen molar-refractivity contribution in [2.45, 2.75) is 37.7 Å². The van der Waals surface area contributed by atoms with Crippen LogP contribution < -0.4 is 11.1 Å². The lowest BCUT2D eigenvalue weighted by Gasteiger charge is -2.16. The molecule has 2 rings (SSSR count). The van der Waals surface area contributed by atoms with E-state index in [1.807, 2.05) is 0 Å². The fraction of sp³-hybridized carbons (Fsp3) is 0.500. The Hall–Kier alpha value is -1.77. The first-order valence-electron chi connectivity index (χ1n) is 6.83. The number of halogens is 6. The van der Waals surface area contributed by atoms with E-state index >= 15 is 0 Å². The van der Waals surface area contributed by atoms with Crippen molar-refractivity contribution in [1.29, 1.82) is 0 Å². The Morgan fingerprint density at radius 3 is 1.91 bits per heavy atom. The number of amides is 1. The lowest BCUT2D eigenvalue weighted by molar-refractivity contribution is -0.143. The Morgan fingerprint density at radius 2 is 1.52 bits per heavy atom. The van der Waals surface area contributed by atoms with Crippen LogP contribution in [0.3, 0.4) is 0 Å². The predicted molar refractivity (Wildman–Crippen MR) is 70.4 cm³/mol. The second-order valence-electron chi connectivity index (χ2n) is 5.55. The van der Waals surface area contributed by atoms with Crippen molar-refractivity contribution in [2.75, 3.05) is 5.32 Å². The molecule has 1 saturated carbocycles. The van der Waals surface area contributed by atoms with Crippen molar-refractivity contribution in [2.24, 2.45) is 11.7 Å². The second kappa shape index (κ2) is 6.03. The number of nitrogens with two attached hydrogens (primary N) is 1. The largest absolute Gasteiger partial charge is 0.416 e. The van der Waals surface area contributed by atoms with Crippen LogP contribution in [0.2, 0.25) is 0 Å². The maximum Gasteiger partial charge on any atom is 0.416 e. The van der Waals surface area contributed by atoms with Crippen LogP contribution in [0, 0.1) is 5.92 Å². The summed E-state index contributed by atoms with van der Waals surface area (Å²) in [6, 6.07) is 0.809. The Balaban J connectivity index is 2.28. The summed E-state index contributed by atoms with van der Waals surface area (Å²) in [5.74, 6) is -1.13. The van der Waals surface area contributed by atoms with Crippen LogP contribution in [0.5, 0.6) is 0 Å². The molecule has 9 heteroatoms. The first kappa shape index (κ1) is 17.6. The van der Waals surface area contributed by atoms with E-state index < -0.39 is 41.0 Å². The molecule has 0 aliphatic heterocycles. The fourth-order valence-corrected chi connectivity index (χ4v) is 2.53. The van der Waals surface area contributed by atoms with Gasteiger partial charge < -0.3 is 11.1 Å². The van der Waals surface area contributed by atoms with E-state index in [1.54, 1.807) is 0 Å². The molecule has 0 aromatic heterocycles. The molecule has 0 saturated heterocycles. The van der Waals surface area contributed by atoms with E-state index in [0.717, 1.165) is 0 Å². The van der Waals surface area contributed by atoms with Gasteiger partial charge in [0.15, 0.2) is 0 Å². The van der Waals surface area contributed by atoms with E-state index in [1.165, 1.54) is 0 Å². The quantitative estimate of drug-likeness (QED) is 0.805. The maximum atomic E-state index is 12.7. The maximum absolute atomic E-state index is 12.7. The summed E-state index contributed by atoms with van der Waals surface area (Å²) in [6.07, 6.45) is -8.49. The molecule has 128 valence electrons. The number of alkyl halides is 6. The van der Waals surface area contributed by atoms with Crippen molar-refractivity contribution in [3.05, 3.63) is 29.3 Å². The summed E-state index contributed by atoms with van der Waals surface area (Å²) < 4.78 is 76.4. The van der Waals surface area contributed by atoms with Crippen LogP contribution in [0.15, 0.2) is 18.2 Å². The number of nitrogens with one attached hydrogen (secondary N) is 1. The van der Waals surface area contributed by atoms with Crippen molar-refractivity contribution >= 4 is 11.6 Å². The molecule has 0 bridgehead atoms. The van der Waals surface area contributed by atoms with E-state index in [-0.39, 0.29) is 12.1 Å². The van der Waals surface area contributed by atoms with Gasteiger partial charge in [0.05, 0.1) is 11.1 Å². The zero-order valence-corrected chi connectivity index (χ0v) is 11.8. The molecule has 3 N–H and O–H groups in total. The molecule has 1 amide bonds. The van der Waals surface area contributed by atoms with Crippen LogP contribution in [0.1, 0.15) is 30.4 Å². The lowest BCUT2D eigenvalue weighted by Crippen LogP contribution is -2.23. The van der Waals surface area contributed by atoms with Crippen molar-refractivity contribution in [1.82, 2.24) is 0 Å². The van der Waals surface area contributed by atoms with Crippen LogP contribution in [0.4, 0.5) is 32.0 Å². The summed E-state index contributed by atoms with van der Waals surface area (Å²) >= 11 is 0. The smallest absolute Gasteiger partial charge is 0.328 e. The number of hydrogen-bond donors (Lipinski definition) is 2. The molecular weight excluding hydrogens is 326 g/mol. The van der Waals surface area contributed by atoms with Crippen molar-refractivity contribution < 1.29 is 31.1 Å². The van der Waals surface area contributed by atoms with E-state index in [9.17, 15) is 31.1 Å². The summed E-state index contributed by atoms with van der Waals surface area (Å²) in [5, 5.41) is 2.13. The molecule has 1 fully saturated rings. The second-order valence-corrected chi connectivity index (χ2v) is 5.55. The van der Waals surface area contributed by atoms with E-state index in [2.05, 4.69) is 5.32 Å². The number of hydrogen-bond acceptors (Lipinski definition) is 2. The average molecular weight is 340 g/mol. The van der Waals surface area contributed by atoms with Crippen molar-refractivity contribution in [3.63, 3.8) is 0 Å². The molecular formula is C14H14F6N2O. The highest BCUT2D eigenvalue weighted by atomic mass is 19.4. The van der Waals surface area contributed by atoms with Gasteiger partial charge in [-0.05, 0) is 37.5 Å². The standard InChI is InChI=1S/C14H14F6N2O/c15-13(16,17)8-4-9(14(18,19)20)6-11(5-8)22-12(23)7-1-2-10(21)3-7/h4-7,10H,1-3,21H2,(H,22,23). The third-order valence-electron chi connectivity index (χ3n) is 3.70. The number of carbonyl (C=O) groups excluding carboxylic acids is 1. The molecule has 0 radical (unpaired) electrons. The average Bonchev–Trinajstić information content (AvgIpc) is 2.83. The monoisotopic (exact) mass is 340 g/mol. The topological polar surface area (TPSA) is 55.1 Å². The van der Waals surface area contributed by atoms with E-state index in [4.69, 9.17) is 5.73 Å². The summed E-state index contributed by atoms with van der Waals surface area (Å²) in [6.45, 7) is 0.